The maximum absolute atomic E-state index is 2.78. The molecule has 0 amide bonds. The van der Waals surface area contributed by atoms with Crippen LogP contribution in [0.3, 0.4) is 0 Å². The monoisotopic (exact) mass is 1620 g/mol. The highest BCUT2D eigenvalue weighted by atomic mass is 15.2. The molecule has 4 heteroatoms. The predicted molar refractivity (Wildman–Crippen MR) is 537 cm³/mol. The number of fused-ring (bicyclic) bond motifs is 6. The van der Waals surface area contributed by atoms with E-state index in [0.29, 0.717) is 0 Å². The zero-order valence-corrected chi connectivity index (χ0v) is 76.1. The minimum Gasteiger partial charge on any atom is -0.310 e. The summed E-state index contributed by atoms with van der Waals surface area (Å²) in [5.74, 6) is 0. The fourth-order valence-corrected chi connectivity index (χ4v) is 19.8. The van der Waals surface area contributed by atoms with E-state index < -0.39 is 5.41 Å². The summed E-state index contributed by atoms with van der Waals surface area (Å²) in [6.07, 6.45) is 0. The molecule has 0 bridgehead atoms. The van der Waals surface area contributed by atoms with Crippen molar-refractivity contribution in [2.24, 2.45) is 0 Å². The first-order valence-electron chi connectivity index (χ1n) is 45.0. The SMILES string of the molecule is CC(C)(C)c1cc(-c2ccc3c(c2)N(c2c(-c4ccccc4)cc(C(C)(C)C)cc2-c2ccccc2)c2cc(-c4ccc5c(c4)C(c4ccccc4)(c4ccccc4)c4ccccc4N5c4ccccc4)cc4c2B3c2ccc(-c3cc(C(C)(C)C)cc(C(C)(C)C)c3)cc2N4c2c(-c3ccccc3)cc(C(C)(C)C)cc2-c2ccccc2)cc(C(C)(C)C)c1. The predicted octanol–water partition coefficient (Wildman–Crippen LogP) is 31.4. The van der Waals surface area contributed by atoms with Gasteiger partial charge in [0.1, 0.15) is 0 Å². The van der Waals surface area contributed by atoms with Crippen LogP contribution in [0.1, 0.15) is 180 Å². The van der Waals surface area contributed by atoms with Gasteiger partial charge in [0.25, 0.3) is 6.71 Å². The van der Waals surface area contributed by atoms with Gasteiger partial charge in [-0.05, 0) is 239 Å². The van der Waals surface area contributed by atoms with Gasteiger partial charge in [-0.1, -0.05) is 410 Å². The van der Waals surface area contributed by atoms with E-state index >= 15 is 0 Å². The zero-order valence-electron chi connectivity index (χ0n) is 76.1. The average Bonchev–Trinajstić information content (AvgIpc) is 0.684. The van der Waals surface area contributed by atoms with E-state index in [-0.39, 0.29) is 39.2 Å². The molecule has 19 rings (SSSR count). The van der Waals surface area contributed by atoms with Crippen LogP contribution in [-0.2, 0) is 37.9 Å². The number of hydrogen-bond acceptors (Lipinski definition) is 3. The highest BCUT2D eigenvalue weighted by Gasteiger charge is 2.50. The Morgan fingerprint density at radius 3 is 0.832 bits per heavy atom. The lowest BCUT2D eigenvalue weighted by molar-refractivity contribution is 0.568. The summed E-state index contributed by atoms with van der Waals surface area (Å²) in [5.41, 5.74) is 40.5. The van der Waals surface area contributed by atoms with Gasteiger partial charge in [-0.25, -0.2) is 0 Å². The molecule has 0 unspecified atom stereocenters. The number of para-hydroxylation sites is 2. The van der Waals surface area contributed by atoms with Crippen molar-refractivity contribution in [2.75, 3.05) is 14.7 Å². The Hall–Kier alpha value is -13.0. The molecule has 3 heterocycles. The molecule has 16 aromatic carbocycles. The van der Waals surface area contributed by atoms with E-state index in [2.05, 4.69) is 503 Å². The van der Waals surface area contributed by atoms with Gasteiger partial charge in [0.05, 0.1) is 28.2 Å². The fraction of sp³-hybridized carbons (Fsp3) is 0.207. The summed E-state index contributed by atoms with van der Waals surface area (Å²) in [7, 11) is 0. The van der Waals surface area contributed by atoms with Crippen LogP contribution in [0.5, 0.6) is 0 Å². The van der Waals surface area contributed by atoms with Gasteiger partial charge in [-0.15, -0.1) is 0 Å². The second kappa shape index (κ2) is 30.7. The topological polar surface area (TPSA) is 9.72 Å². The van der Waals surface area contributed by atoms with E-state index in [9.17, 15) is 0 Å². The molecule has 0 atom stereocenters. The molecule has 0 N–H and O–H groups in total. The highest BCUT2D eigenvalue weighted by molar-refractivity contribution is 7.00. The largest absolute Gasteiger partial charge is 0.310 e. The Morgan fingerprint density at radius 1 is 0.200 bits per heavy atom. The highest BCUT2D eigenvalue weighted by Crippen LogP contribution is 2.61. The molecule has 3 aliphatic heterocycles. The molecule has 616 valence electrons. The van der Waals surface area contributed by atoms with Gasteiger partial charge in [-0.3, -0.25) is 0 Å². The molecule has 3 aliphatic rings. The van der Waals surface area contributed by atoms with Crippen LogP contribution < -0.4 is 31.1 Å². The summed E-state index contributed by atoms with van der Waals surface area (Å²) in [6.45, 7) is 42.3. The third-order valence-corrected chi connectivity index (χ3v) is 26.8. The third-order valence-electron chi connectivity index (χ3n) is 26.8. The first kappa shape index (κ1) is 81.6. The number of rotatable bonds is 12. The normalized spacial score (nSPS) is 13.7. The summed E-state index contributed by atoms with van der Waals surface area (Å²) < 4.78 is 0. The Kier molecular flexibility index (Phi) is 20.1. The Balaban J connectivity index is 1.04. The Labute approximate surface area is 743 Å². The standard InChI is InChI=1S/C121H114BN3/c1-115(2,3)91-64-86(65-92(73-91)116(4,5)6)84-58-61-104-108(69-84)124(113-98(79-42-26-19-27-43-79)75-95(119(13,14)15)76-99(113)80-44-28-20-29-45-80)110-71-88(83-60-63-107-103(68-83)121(89-50-34-23-35-51-89,90-52-36-24-37-53-90)102-56-40-41-57-106(102)123(107)97-54-38-25-39-55-97)72-111-112(110)122(104)105-62-59-85(87-66-93(117(7,8)9)74-94(67-87)118(10,11)12)70-109(105)125(111)114-100(81-46-30-21-31-47-81)77-96(120(16,17)18)78-101(114)82-48-32-22-33-49-82/h19-78H,1-18H3. The number of benzene rings is 16. The van der Waals surface area contributed by atoms with Crippen molar-refractivity contribution >= 4 is 74.3 Å². The Bertz CT molecular complexity index is 6280. The second-order valence-electron chi connectivity index (χ2n) is 41.4. The molecule has 0 aliphatic carbocycles. The van der Waals surface area contributed by atoms with Crippen LogP contribution in [0.4, 0.5) is 51.2 Å². The van der Waals surface area contributed by atoms with Gasteiger partial charge in [0, 0.05) is 50.7 Å². The molecule has 0 fully saturated rings. The summed E-state index contributed by atoms with van der Waals surface area (Å²) in [5, 5.41) is 0. The van der Waals surface area contributed by atoms with Crippen molar-refractivity contribution < 1.29 is 0 Å². The molecule has 0 aromatic heterocycles. The van der Waals surface area contributed by atoms with E-state index in [4.69, 9.17) is 0 Å². The first-order chi connectivity index (χ1) is 59.8. The summed E-state index contributed by atoms with van der Waals surface area (Å²) in [4.78, 5) is 8.07. The van der Waals surface area contributed by atoms with Gasteiger partial charge in [0.2, 0.25) is 0 Å². The van der Waals surface area contributed by atoms with E-state index in [1.165, 1.54) is 83.1 Å². The molecule has 0 radical (unpaired) electrons. The van der Waals surface area contributed by atoms with Crippen LogP contribution in [0.15, 0.2) is 364 Å². The molecule has 0 spiro atoms. The minimum atomic E-state index is -0.811. The first-order valence-corrected chi connectivity index (χ1v) is 45.0. The van der Waals surface area contributed by atoms with Gasteiger partial charge in [-0.2, -0.15) is 0 Å². The van der Waals surface area contributed by atoms with Crippen molar-refractivity contribution in [3.8, 4) is 77.9 Å². The number of anilines is 9. The maximum atomic E-state index is 2.78. The van der Waals surface area contributed by atoms with Crippen molar-refractivity contribution in [3.63, 3.8) is 0 Å². The van der Waals surface area contributed by atoms with Gasteiger partial charge >= 0.3 is 0 Å². The van der Waals surface area contributed by atoms with E-state index in [1.54, 1.807) is 0 Å². The molecular formula is C121H114BN3. The third kappa shape index (κ3) is 14.6. The molecule has 0 saturated carbocycles. The minimum absolute atomic E-state index is 0.138. The van der Waals surface area contributed by atoms with Crippen LogP contribution in [-0.4, -0.2) is 6.71 Å². The fourth-order valence-electron chi connectivity index (χ4n) is 19.8. The molecule has 125 heavy (non-hydrogen) atoms. The maximum Gasteiger partial charge on any atom is 0.252 e. The number of nitrogens with zero attached hydrogens (tertiary/aromatic N) is 3. The van der Waals surface area contributed by atoms with Crippen molar-refractivity contribution in [3.05, 3.63) is 420 Å². The van der Waals surface area contributed by atoms with Crippen molar-refractivity contribution in [1.82, 2.24) is 0 Å². The van der Waals surface area contributed by atoms with Crippen LogP contribution in [0.25, 0.3) is 77.9 Å². The molecular weight excluding hydrogens is 1510 g/mol. The Morgan fingerprint density at radius 2 is 0.480 bits per heavy atom. The second-order valence-corrected chi connectivity index (χ2v) is 41.4. The van der Waals surface area contributed by atoms with E-state index in [1.807, 2.05) is 0 Å². The van der Waals surface area contributed by atoms with Crippen molar-refractivity contribution in [2.45, 2.75) is 163 Å². The summed E-state index contributed by atoms with van der Waals surface area (Å²) in [6, 6.07) is 141. The molecule has 16 aromatic rings. The lowest BCUT2D eigenvalue weighted by Gasteiger charge is -2.47. The van der Waals surface area contributed by atoms with Crippen LogP contribution >= 0.6 is 0 Å². The van der Waals surface area contributed by atoms with E-state index in [0.717, 1.165) is 118 Å². The number of hydrogen-bond donors (Lipinski definition) is 0. The lowest BCUT2D eigenvalue weighted by atomic mass is 9.33. The molecule has 3 nitrogen and oxygen atoms in total. The summed E-state index contributed by atoms with van der Waals surface area (Å²) >= 11 is 0. The quantitative estimate of drug-likeness (QED) is 0.113. The van der Waals surface area contributed by atoms with Gasteiger partial charge < -0.3 is 14.7 Å². The zero-order chi connectivity index (χ0) is 87.0. The smallest absolute Gasteiger partial charge is 0.252 e. The van der Waals surface area contributed by atoms with Gasteiger partial charge in [0.15, 0.2) is 0 Å². The molecule has 0 saturated heterocycles. The van der Waals surface area contributed by atoms with Crippen LogP contribution in [0, 0.1) is 0 Å². The lowest BCUT2D eigenvalue weighted by Crippen LogP contribution is -2.61. The average molecular weight is 1620 g/mol. The van der Waals surface area contributed by atoms with Crippen LogP contribution in [0.2, 0.25) is 0 Å². The van der Waals surface area contributed by atoms with Crippen molar-refractivity contribution in [1.29, 1.82) is 0 Å².